The molecule has 2 aliphatic carbocycles. The van der Waals surface area contributed by atoms with Crippen LogP contribution in [0.25, 0.3) is 11.0 Å². The van der Waals surface area contributed by atoms with Gasteiger partial charge in [-0.1, -0.05) is 11.6 Å². The summed E-state index contributed by atoms with van der Waals surface area (Å²) >= 11 is 6.66. The zero-order valence-corrected chi connectivity index (χ0v) is 31.6. The van der Waals surface area contributed by atoms with Crippen LogP contribution in [0.4, 0.5) is 34.5 Å². The summed E-state index contributed by atoms with van der Waals surface area (Å²) in [4.78, 5) is 25.8. The molecule has 0 radical (unpaired) electrons. The standard InChI is InChI=1S/C37H47ClN10O3S/c1-45-16-18-47(19-17-45)26-10-14-48(15-11-26)32-22-33(51-3)31(21-25(32)20-24-4-5-24)43-37-41-23-28(38)36(44-37)42-30-9-8-29-34(40-13-12-39-29)35(30)46(2)52(49,50)27-6-7-27/h8-9,12-13,21-24,26-27H,4-7,10-11,14-20H2,1-3H3,(H2,41,42,43,44). The van der Waals surface area contributed by atoms with Gasteiger partial charge in [0.1, 0.15) is 22.0 Å². The predicted molar refractivity (Wildman–Crippen MR) is 207 cm³/mol. The highest BCUT2D eigenvalue weighted by molar-refractivity contribution is 7.93. The number of likely N-dealkylation sites (N-methyl/N-ethyl adjacent to an activating group) is 1. The molecule has 2 saturated carbocycles. The zero-order chi connectivity index (χ0) is 36.0. The topological polar surface area (TPSA) is 132 Å². The first-order valence-electron chi connectivity index (χ1n) is 18.3. The number of fused-ring (bicyclic) bond motifs is 1. The third-order valence-corrected chi connectivity index (χ3v) is 13.5. The van der Waals surface area contributed by atoms with E-state index in [9.17, 15) is 8.42 Å². The van der Waals surface area contributed by atoms with Crippen LogP contribution < -0.4 is 24.6 Å². The molecule has 2 N–H and O–H groups in total. The van der Waals surface area contributed by atoms with E-state index in [0.717, 1.165) is 64.2 Å². The Labute approximate surface area is 310 Å². The maximum atomic E-state index is 13.4. The van der Waals surface area contributed by atoms with Crippen LogP contribution in [0, 0.1) is 5.92 Å². The lowest BCUT2D eigenvalue weighted by molar-refractivity contribution is 0.0982. The molecule has 2 aromatic heterocycles. The number of halogens is 1. The molecule has 2 aliphatic heterocycles. The third-order valence-electron chi connectivity index (χ3n) is 11.0. The Morgan fingerprint density at radius 3 is 2.38 bits per heavy atom. The molecule has 13 nitrogen and oxygen atoms in total. The van der Waals surface area contributed by atoms with Crippen LogP contribution in [0.5, 0.6) is 5.75 Å². The molecular formula is C37H47ClN10O3S. The van der Waals surface area contributed by atoms with Crippen LogP contribution in [-0.2, 0) is 16.4 Å². The lowest BCUT2D eigenvalue weighted by Gasteiger charge is -2.43. The van der Waals surface area contributed by atoms with Crippen molar-refractivity contribution in [2.24, 2.45) is 5.92 Å². The number of nitrogens with zero attached hydrogens (tertiary/aromatic N) is 8. The summed E-state index contributed by atoms with van der Waals surface area (Å²) in [5.74, 6) is 2.06. The van der Waals surface area contributed by atoms with E-state index in [1.165, 1.54) is 34.6 Å². The van der Waals surface area contributed by atoms with Crippen LogP contribution >= 0.6 is 11.6 Å². The van der Waals surface area contributed by atoms with Gasteiger partial charge in [0.05, 0.1) is 35.4 Å². The van der Waals surface area contributed by atoms with Crippen LogP contribution in [0.3, 0.4) is 0 Å². The number of benzene rings is 2. The largest absolute Gasteiger partial charge is 0.494 e. The number of piperidine rings is 1. The highest BCUT2D eigenvalue weighted by Gasteiger charge is 2.40. The van der Waals surface area contributed by atoms with Crippen LogP contribution in [0.2, 0.25) is 5.02 Å². The number of methoxy groups -OCH3 is 1. The molecule has 4 aliphatic rings. The first kappa shape index (κ1) is 35.1. The van der Waals surface area contributed by atoms with E-state index >= 15 is 0 Å². The van der Waals surface area contributed by atoms with Crippen molar-refractivity contribution in [2.75, 3.05) is 80.3 Å². The quantitative estimate of drug-likeness (QED) is 0.185. The average Bonchev–Trinajstić information content (AvgIpc) is 4.09. The van der Waals surface area contributed by atoms with Gasteiger partial charge in [-0.05, 0) is 81.7 Å². The van der Waals surface area contributed by atoms with Crippen molar-refractivity contribution in [1.29, 1.82) is 0 Å². The Balaban J connectivity index is 1.06. The van der Waals surface area contributed by atoms with Gasteiger partial charge >= 0.3 is 0 Å². The van der Waals surface area contributed by atoms with Crippen molar-refractivity contribution in [2.45, 2.75) is 56.2 Å². The van der Waals surface area contributed by atoms with E-state index in [-0.39, 0.29) is 5.02 Å². The number of sulfonamides is 1. The summed E-state index contributed by atoms with van der Waals surface area (Å²) < 4.78 is 34.1. The van der Waals surface area contributed by atoms with E-state index in [2.05, 4.69) is 59.5 Å². The molecule has 0 unspecified atom stereocenters. The Hall–Kier alpha value is -3.98. The smallest absolute Gasteiger partial charge is 0.237 e. The number of nitrogens with one attached hydrogen (secondary N) is 2. The molecule has 4 aromatic rings. The zero-order valence-electron chi connectivity index (χ0n) is 30.1. The minimum atomic E-state index is -3.60. The van der Waals surface area contributed by atoms with Gasteiger partial charge < -0.3 is 25.2 Å². The van der Waals surface area contributed by atoms with E-state index in [0.29, 0.717) is 64.7 Å². The first-order chi connectivity index (χ1) is 25.2. The second-order valence-electron chi connectivity index (χ2n) is 14.6. The number of aromatic nitrogens is 4. The van der Waals surface area contributed by atoms with E-state index in [4.69, 9.17) is 21.3 Å². The van der Waals surface area contributed by atoms with Crippen LogP contribution in [0.15, 0.2) is 42.9 Å². The Bertz CT molecular complexity index is 2050. The van der Waals surface area contributed by atoms with Gasteiger partial charge in [0.25, 0.3) is 0 Å². The maximum absolute atomic E-state index is 13.4. The summed E-state index contributed by atoms with van der Waals surface area (Å²) in [6.07, 6.45) is 11.8. The molecule has 2 saturated heterocycles. The lowest BCUT2D eigenvalue weighted by Crippen LogP contribution is -2.52. The Morgan fingerprint density at radius 1 is 0.923 bits per heavy atom. The number of ether oxygens (including phenoxy) is 1. The van der Waals surface area contributed by atoms with Crippen molar-refractivity contribution < 1.29 is 13.2 Å². The first-order valence-corrected chi connectivity index (χ1v) is 20.2. The normalized spacial score (nSPS) is 19.2. The molecule has 8 rings (SSSR count). The molecule has 276 valence electrons. The summed E-state index contributed by atoms with van der Waals surface area (Å²) in [7, 11) is 1.87. The minimum absolute atomic E-state index is 0.278. The van der Waals surface area contributed by atoms with Gasteiger partial charge in [-0.2, -0.15) is 4.98 Å². The molecule has 2 aromatic carbocycles. The Morgan fingerprint density at radius 2 is 1.67 bits per heavy atom. The number of piperazine rings is 1. The number of anilines is 6. The van der Waals surface area contributed by atoms with Gasteiger partial charge in [0.15, 0.2) is 5.82 Å². The molecular weight excluding hydrogens is 700 g/mol. The summed E-state index contributed by atoms with van der Waals surface area (Å²) in [5.41, 5.74) is 5.24. The fourth-order valence-corrected chi connectivity index (χ4v) is 9.31. The molecule has 0 atom stereocenters. The van der Waals surface area contributed by atoms with Crippen molar-refractivity contribution in [3.05, 3.63) is 53.4 Å². The molecule has 0 amide bonds. The van der Waals surface area contributed by atoms with Crippen molar-refractivity contribution >= 4 is 67.2 Å². The highest BCUT2D eigenvalue weighted by atomic mass is 35.5. The van der Waals surface area contributed by atoms with E-state index < -0.39 is 15.3 Å². The average molecular weight is 747 g/mol. The fraction of sp³-hybridized carbons (Fsp3) is 0.514. The number of hydrogen-bond acceptors (Lipinski definition) is 12. The van der Waals surface area contributed by atoms with Gasteiger partial charge in [-0.25, -0.2) is 13.4 Å². The summed E-state index contributed by atoms with van der Waals surface area (Å²) in [6.45, 7) is 6.66. The third kappa shape index (κ3) is 7.30. The van der Waals surface area contributed by atoms with Crippen molar-refractivity contribution in [1.82, 2.24) is 29.7 Å². The fourth-order valence-electron chi connectivity index (χ4n) is 7.55. The Kier molecular flexibility index (Phi) is 9.74. The van der Waals surface area contributed by atoms with Crippen molar-refractivity contribution in [3.8, 4) is 5.75 Å². The predicted octanol–water partition coefficient (Wildman–Crippen LogP) is 5.67. The molecule has 52 heavy (non-hydrogen) atoms. The van der Waals surface area contributed by atoms with E-state index in [1.807, 2.05) is 0 Å². The molecule has 0 spiro atoms. The summed E-state index contributed by atoms with van der Waals surface area (Å²) in [6, 6.07) is 8.58. The number of hydrogen-bond donors (Lipinski definition) is 2. The van der Waals surface area contributed by atoms with Crippen molar-refractivity contribution in [3.63, 3.8) is 0 Å². The molecule has 0 bridgehead atoms. The van der Waals surface area contributed by atoms with Crippen LogP contribution in [-0.4, -0.2) is 110 Å². The van der Waals surface area contributed by atoms with Gasteiger partial charge in [-0.3, -0.25) is 19.2 Å². The monoisotopic (exact) mass is 746 g/mol. The van der Waals surface area contributed by atoms with Crippen LogP contribution in [0.1, 0.15) is 44.1 Å². The maximum Gasteiger partial charge on any atom is 0.237 e. The molecule has 4 heterocycles. The second kappa shape index (κ2) is 14.4. The highest BCUT2D eigenvalue weighted by Crippen LogP contribution is 2.43. The molecule has 4 fully saturated rings. The molecule has 15 heteroatoms. The van der Waals surface area contributed by atoms with Gasteiger partial charge in [0, 0.05) is 76.5 Å². The van der Waals surface area contributed by atoms with Gasteiger partial charge in [0.2, 0.25) is 16.0 Å². The SMILES string of the molecule is COc1cc(N2CCC(N3CCN(C)CC3)CC2)c(CC2CC2)cc1Nc1ncc(Cl)c(Nc2ccc3nccnc3c2N(C)S(=O)(=O)C2CC2)n1. The number of rotatable bonds is 12. The lowest BCUT2D eigenvalue weighted by atomic mass is 9.98. The summed E-state index contributed by atoms with van der Waals surface area (Å²) in [5, 5.41) is 6.56. The second-order valence-corrected chi connectivity index (χ2v) is 17.3. The van der Waals surface area contributed by atoms with Gasteiger partial charge in [-0.15, -0.1) is 0 Å². The minimum Gasteiger partial charge on any atom is -0.494 e. The van der Waals surface area contributed by atoms with E-state index in [1.54, 1.807) is 38.7 Å².